The topological polar surface area (TPSA) is 237 Å². The van der Waals surface area contributed by atoms with Crippen molar-refractivity contribution in [3.05, 3.63) is 0 Å². The van der Waals surface area contributed by atoms with E-state index in [1.165, 1.54) is 218 Å². The van der Waals surface area contributed by atoms with E-state index in [1.54, 1.807) is 0 Å². The average molecular weight is 1410 g/mol. The Bertz CT molecular complexity index is 1860. The first-order valence-electron chi connectivity index (χ1n) is 40.0. The van der Waals surface area contributed by atoms with Gasteiger partial charge in [0, 0.05) is 25.7 Å². The van der Waals surface area contributed by atoms with Crippen LogP contribution in [0, 0.1) is 11.8 Å². The van der Waals surface area contributed by atoms with E-state index < -0.39 is 97.5 Å². The van der Waals surface area contributed by atoms with Crippen molar-refractivity contribution in [1.82, 2.24) is 0 Å². The molecule has 0 spiro atoms. The second kappa shape index (κ2) is 68.8. The summed E-state index contributed by atoms with van der Waals surface area (Å²) in [4.78, 5) is 72.9. The molecule has 0 aromatic rings. The molecule has 0 saturated heterocycles. The van der Waals surface area contributed by atoms with Crippen molar-refractivity contribution in [2.45, 2.75) is 419 Å². The third-order valence-electron chi connectivity index (χ3n) is 18.0. The lowest BCUT2D eigenvalue weighted by Crippen LogP contribution is -2.30. The van der Waals surface area contributed by atoms with Gasteiger partial charge in [0.2, 0.25) is 0 Å². The van der Waals surface area contributed by atoms with E-state index in [-0.39, 0.29) is 25.7 Å². The number of unbranched alkanes of at least 4 members (excludes halogenated alkanes) is 46. The smallest absolute Gasteiger partial charge is 0.462 e. The first kappa shape index (κ1) is 94.1. The van der Waals surface area contributed by atoms with Crippen molar-refractivity contribution < 1.29 is 80.2 Å². The van der Waals surface area contributed by atoms with Crippen LogP contribution in [0.15, 0.2) is 0 Å². The van der Waals surface area contributed by atoms with Gasteiger partial charge < -0.3 is 33.8 Å². The number of aliphatic hydroxyl groups excluding tert-OH is 1. The highest BCUT2D eigenvalue weighted by molar-refractivity contribution is 7.47. The summed E-state index contributed by atoms with van der Waals surface area (Å²) in [5.41, 5.74) is 0. The Morgan fingerprint density at radius 3 is 0.708 bits per heavy atom. The van der Waals surface area contributed by atoms with Crippen molar-refractivity contribution in [2.75, 3.05) is 39.6 Å². The zero-order valence-corrected chi connectivity index (χ0v) is 64.5. The largest absolute Gasteiger partial charge is 0.472 e. The van der Waals surface area contributed by atoms with Gasteiger partial charge in [0.15, 0.2) is 12.2 Å². The normalized spacial score (nSPS) is 14.0. The van der Waals surface area contributed by atoms with E-state index in [4.69, 9.17) is 37.0 Å². The van der Waals surface area contributed by atoms with Gasteiger partial charge in [-0.15, -0.1) is 0 Å². The maximum absolute atomic E-state index is 13.1. The van der Waals surface area contributed by atoms with Gasteiger partial charge in [0.05, 0.1) is 26.4 Å². The van der Waals surface area contributed by atoms with Crippen LogP contribution in [0.3, 0.4) is 0 Å². The first-order valence-corrected chi connectivity index (χ1v) is 43.0. The van der Waals surface area contributed by atoms with E-state index in [0.29, 0.717) is 25.7 Å². The molecule has 5 atom stereocenters. The molecule has 0 bridgehead atoms. The number of carbonyl (C=O) groups is 4. The number of esters is 4. The van der Waals surface area contributed by atoms with Crippen LogP contribution in [0.4, 0.5) is 0 Å². The summed E-state index contributed by atoms with van der Waals surface area (Å²) in [6, 6.07) is 0. The van der Waals surface area contributed by atoms with Crippen LogP contribution in [0.5, 0.6) is 0 Å². The molecule has 0 aliphatic rings. The fraction of sp³-hybridized carbons (Fsp3) is 0.948. The lowest BCUT2D eigenvalue weighted by molar-refractivity contribution is -0.161. The molecule has 3 N–H and O–H groups in total. The Balaban J connectivity index is 5.25. The minimum absolute atomic E-state index is 0.108. The van der Waals surface area contributed by atoms with E-state index in [2.05, 4.69) is 41.5 Å². The number of ether oxygens (including phenoxy) is 4. The molecule has 0 aromatic heterocycles. The molecule has 0 rings (SSSR count). The van der Waals surface area contributed by atoms with Crippen molar-refractivity contribution in [3.8, 4) is 0 Å². The van der Waals surface area contributed by atoms with Gasteiger partial charge in [-0.05, 0) is 37.5 Å². The van der Waals surface area contributed by atoms with Gasteiger partial charge >= 0.3 is 39.5 Å². The summed E-state index contributed by atoms with van der Waals surface area (Å²) < 4.78 is 68.6. The molecular formula is C77H150O17P2. The predicted octanol–water partition coefficient (Wildman–Crippen LogP) is 22.7. The van der Waals surface area contributed by atoms with Gasteiger partial charge in [-0.1, -0.05) is 350 Å². The molecule has 0 aromatic carbocycles. The molecule has 0 radical (unpaired) electrons. The van der Waals surface area contributed by atoms with Gasteiger partial charge in [-0.25, -0.2) is 9.13 Å². The second-order valence-corrected chi connectivity index (χ2v) is 31.6. The van der Waals surface area contributed by atoms with Gasteiger partial charge in [0.25, 0.3) is 0 Å². The molecule has 0 saturated carbocycles. The monoisotopic (exact) mass is 1410 g/mol. The zero-order chi connectivity index (χ0) is 70.7. The predicted molar refractivity (Wildman–Crippen MR) is 391 cm³/mol. The SMILES string of the molecule is CCCCCCCCCCCCCCCC(=O)O[C@H](COC(=O)CCCCCCCCCCCCC)COP(=O)(O)OC[C@H](O)COP(=O)(O)OC[C@@H](COC(=O)CCCCCCCCCCCCCCC(C)C)OC(=O)CCCCCCCCCCCCCCCCC(C)C. The van der Waals surface area contributed by atoms with E-state index in [0.717, 1.165) is 102 Å². The Kier molecular flexibility index (Phi) is 67.4. The number of phosphoric ester groups is 2. The summed E-state index contributed by atoms with van der Waals surface area (Å²) >= 11 is 0. The van der Waals surface area contributed by atoms with Crippen LogP contribution < -0.4 is 0 Å². The third kappa shape index (κ3) is 70.5. The maximum atomic E-state index is 13.1. The Morgan fingerprint density at radius 1 is 0.281 bits per heavy atom. The van der Waals surface area contributed by atoms with Crippen molar-refractivity contribution in [2.24, 2.45) is 11.8 Å². The van der Waals surface area contributed by atoms with Gasteiger partial charge in [0.1, 0.15) is 19.3 Å². The van der Waals surface area contributed by atoms with Crippen molar-refractivity contribution >= 4 is 39.5 Å². The van der Waals surface area contributed by atoms with Crippen LogP contribution in [-0.4, -0.2) is 96.7 Å². The van der Waals surface area contributed by atoms with Crippen LogP contribution in [0.1, 0.15) is 401 Å². The Labute approximate surface area is 588 Å². The molecule has 0 heterocycles. The molecule has 19 heteroatoms. The number of phosphoric acid groups is 2. The van der Waals surface area contributed by atoms with Crippen molar-refractivity contribution in [1.29, 1.82) is 0 Å². The molecule has 0 aliphatic carbocycles. The highest BCUT2D eigenvalue weighted by Crippen LogP contribution is 2.45. The maximum Gasteiger partial charge on any atom is 0.472 e. The van der Waals surface area contributed by atoms with E-state index >= 15 is 0 Å². The molecule has 0 fully saturated rings. The zero-order valence-electron chi connectivity index (χ0n) is 62.7. The van der Waals surface area contributed by atoms with Crippen molar-refractivity contribution in [3.63, 3.8) is 0 Å². The lowest BCUT2D eigenvalue weighted by atomic mass is 10.0. The minimum atomic E-state index is -4.96. The molecule has 2 unspecified atom stereocenters. The number of carbonyl (C=O) groups excluding carboxylic acids is 4. The fourth-order valence-corrected chi connectivity index (χ4v) is 13.4. The molecule has 570 valence electrons. The number of rotatable bonds is 76. The summed E-state index contributed by atoms with van der Waals surface area (Å²) in [5.74, 6) is -0.534. The van der Waals surface area contributed by atoms with Crippen LogP contribution in [0.25, 0.3) is 0 Å². The first-order chi connectivity index (χ1) is 46.4. The number of hydrogen-bond acceptors (Lipinski definition) is 15. The number of aliphatic hydroxyl groups is 1. The van der Waals surface area contributed by atoms with E-state index in [1.807, 2.05) is 0 Å². The van der Waals surface area contributed by atoms with Crippen LogP contribution >= 0.6 is 15.6 Å². The highest BCUT2D eigenvalue weighted by atomic mass is 31.2. The molecule has 0 amide bonds. The Morgan fingerprint density at radius 2 is 0.479 bits per heavy atom. The summed E-state index contributed by atoms with van der Waals surface area (Å²) in [5, 5.41) is 10.6. The summed E-state index contributed by atoms with van der Waals surface area (Å²) in [6.07, 6.45) is 56.7. The fourth-order valence-electron chi connectivity index (χ4n) is 11.8. The third-order valence-corrected chi connectivity index (χ3v) is 19.9. The Hall–Kier alpha value is -1.94. The second-order valence-electron chi connectivity index (χ2n) is 28.7. The molecule has 17 nitrogen and oxygen atoms in total. The molecule has 0 aliphatic heterocycles. The quantitative estimate of drug-likeness (QED) is 0.0222. The van der Waals surface area contributed by atoms with E-state index in [9.17, 15) is 43.2 Å². The summed E-state index contributed by atoms with van der Waals surface area (Å²) in [7, 11) is -9.91. The number of hydrogen-bond donors (Lipinski definition) is 3. The van der Waals surface area contributed by atoms with Gasteiger partial charge in [-0.2, -0.15) is 0 Å². The van der Waals surface area contributed by atoms with Gasteiger partial charge in [-0.3, -0.25) is 37.3 Å². The molecular weight excluding hydrogens is 1260 g/mol. The molecule has 96 heavy (non-hydrogen) atoms. The summed E-state index contributed by atoms with van der Waals surface area (Å²) in [6.45, 7) is 9.64. The highest BCUT2D eigenvalue weighted by Gasteiger charge is 2.30. The van der Waals surface area contributed by atoms with Crippen LogP contribution in [-0.2, 0) is 65.4 Å². The average Bonchev–Trinajstić information content (AvgIpc) is 1.50. The van der Waals surface area contributed by atoms with Crippen LogP contribution in [0.2, 0.25) is 0 Å². The minimum Gasteiger partial charge on any atom is -0.462 e. The standard InChI is InChI=1S/C77H150O17P2/c1-7-9-11-13-15-17-19-22-31-37-43-49-55-61-76(81)93-72(65-87-74(79)59-53-47-41-35-27-18-16-14-12-10-8-2)67-91-95(83,84)89-63-71(78)64-90-96(85,86)92-68-73(66-88-75(80)60-54-48-42-36-30-26-25-29-34-40-46-52-58-70(5)6)94-77(82)62-56-50-44-38-32-24-21-20-23-28-33-39-45-51-57-69(3)4/h69-73,78H,7-68H2,1-6H3,(H,83,84)(H,85,86)/t71-,72+,73+/m0/s1. The lowest BCUT2D eigenvalue weighted by Gasteiger charge is -2.21.